The van der Waals surface area contributed by atoms with Crippen molar-refractivity contribution in [2.45, 2.75) is 0 Å². The molecule has 0 aliphatic carbocycles. The molecule has 0 fully saturated rings. The first-order valence-corrected chi connectivity index (χ1v) is 5.84. The van der Waals surface area contributed by atoms with E-state index in [2.05, 4.69) is 11.7 Å². The van der Waals surface area contributed by atoms with Crippen LogP contribution in [0.15, 0.2) is 0 Å². The maximum Gasteiger partial charge on any atom is 0.187 e. The summed E-state index contributed by atoms with van der Waals surface area (Å²) in [5, 5.41) is 0. The van der Waals surface area contributed by atoms with E-state index >= 15 is 0 Å². The first kappa shape index (κ1) is 17.7. The molecule has 2 aromatic carbocycles. The van der Waals surface area contributed by atoms with Crippen LogP contribution in [0.1, 0.15) is 0 Å². The summed E-state index contributed by atoms with van der Waals surface area (Å²) >= 11 is 0. The maximum absolute atomic E-state index is 13.9. The minimum atomic E-state index is -2.33. The number of anilines is 2. The zero-order valence-electron chi connectivity index (χ0n) is 11.2. The summed E-state index contributed by atoms with van der Waals surface area (Å²) in [5.74, 6) is -8.61. The molecule has 0 bridgehead atoms. The highest BCUT2D eigenvalue weighted by Crippen LogP contribution is 2.40. The molecule has 0 aromatic heterocycles. The van der Waals surface area contributed by atoms with E-state index in [0.29, 0.717) is 0 Å². The molecule has 4 nitrogen and oxygen atoms in total. The fourth-order valence-corrected chi connectivity index (χ4v) is 1.96. The monoisotopic (exact) mass is 358 g/mol. The van der Waals surface area contributed by atoms with Crippen LogP contribution in [0, 0.1) is 46.5 Å². The summed E-state index contributed by atoms with van der Waals surface area (Å²) < 4.78 is 110. The highest BCUT2D eigenvalue weighted by molar-refractivity contribution is 5.72. The van der Waals surface area contributed by atoms with Crippen molar-refractivity contribution in [2.24, 2.45) is 11.7 Å². The Hall–Kier alpha value is -2.60. The highest BCUT2D eigenvalue weighted by atomic mass is 19.2. The molecule has 0 heterocycles. The van der Waals surface area contributed by atoms with Crippen molar-refractivity contribution in [1.82, 2.24) is 0 Å². The van der Waals surface area contributed by atoms with Crippen LogP contribution in [0.2, 0.25) is 0 Å². The molecule has 12 heteroatoms. The Kier molecular flexibility index (Phi) is 4.53. The minimum Gasteiger partial charge on any atom is -0.319 e. The van der Waals surface area contributed by atoms with Crippen molar-refractivity contribution < 1.29 is 35.1 Å². The topological polar surface area (TPSA) is 76.1 Å². The Morgan fingerprint density at radius 3 is 0.792 bits per heavy atom. The minimum absolute atomic E-state index is 1.30. The van der Waals surface area contributed by atoms with Gasteiger partial charge in [0.05, 0.1) is 11.1 Å². The molecule has 0 amide bonds. The van der Waals surface area contributed by atoms with Gasteiger partial charge in [-0.3, -0.25) is 11.7 Å². The van der Waals surface area contributed by atoms with E-state index in [0.717, 1.165) is 0 Å². The van der Waals surface area contributed by atoms with Crippen molar-refractivity contribution >= 4 is 11.4 Å². The molecule has 130 valence electrons. The quantitative estimate of drug-likeness (QED) is 0.295. The van der Waals surface area contributed by atoms with Gasteiger partial charge >= 0.3 is 0 Å². The van der Waals surface area contributed by atoms with Gasteiger partial charge in [-0.15, -0.1) is 0 Å². The Labute approximate surface area is 128 Å². The number of hydrogen-bond acceptors (Lipinski definition) is 4. The number of halogens is 8. The van der Waals surface area contributed by atoms with Crippen LogP contribution < -0.4 is 22.5 Å². The Morgan fingerprint density at radius 1 is 0.417 bits per heavy atom. The van der Waals surface area contributed by atoms with Crippen molar-refractivity contribution in [1.29, 1.82) is 0 Å². The number of nitrogens with two attached hydrogens (primary N) is 2. The molecule has 2 rings (SSSR count). The predicted molar refractivity (Wildman–Crippen MR) is 67.2 cm³/mol. The second-order valence-corrected chi connectivity index (χ2v) is 4.30. The summed E-state index contributed by atoms with van der Waals surface area (Å²) in [6, 6.07) is 0. The predicted octanol–water partition coefficient (Wildman–Crippen LogP) is 3.04. The van der Waals surface area contributed by atoms with Gasteiger partial charge < -0.3 is 10.9 Å². The average molecular weight is 358 g/mol. The molecule has 0 radical (unpaired) electrons. The molecule has 0 aliphatic rings. The third-order valence-corrected chi connectivity index (χ3v) is 3.07. The van der Waals surface area contributed by atoms with Gasteiger partial charge in [-0.1, -0.05) is 0 Å². The molecule has 0 saturated heterocycles. The number of hydrazine groups is 2. The van der Waals surface area contributed by atoms with Crippen molar-refractivity contribution in [3.05, 3.63) is 46.5 Å². The van der Waals surface area contributed by atoms with Gasteiger partial charge in [0.25, 0.3) is 0 Å². The molecule has 0 unspecified atom stereocenters. The van der Waals surface area contributed by atoms with Crippen LogP contribution in [0.3, 0.4) is 0 Å². The highest BCUT2D eigenvalue weighted by Gasteiger charge is 2.33. The molecule has 0 spiro atoms. The Morgan fingerprint density at radius 2 is 0.625 bits per heavy atom. The van der Waals surface area contributed by atoms with Gasteiger partial charge in [-0.05, 0) is 0 Å². The van der Waals surface area contributed by atoms with Crippen LogP contribution in [0.5, 0.6) is 0 Å². The normalized spacial score (nSPS) is 10.9. The van der Waals surface area contributed by atoms with Crippen molar-refractivity contribution in [3.8, 4) is 11.1 Å². The molecule has 0 aliphatic heterocycles. The molecule has 24 heavy (non-hydrogen) atoms. The van der Waals surface area contributed by atoms with Crippen molar-refractivity contribution in [2.75, 3.05) is 10.9 Å². The molecule has 0 saturated carbocycles. The van der Waals surface area contributed by atoms with Gasteiger partial charge in [-0.25, -0.2) is 35.1 Å². The first-order chi connectivity index (χ1) is 11.2. The van der Waals surface area contributed by atoms with Crippen LogP contribution in [-0.2, 0) is 0 Å². The number of hydrogen-bond donors (Lipinski definition) is 4. The SMILES string of the molecule is NNc1c(F)c(F)c(-c2c(F)c(F)c(NN)c(F)c2F)c(F)c1F. The molecule has 6 N–H and O–H groups in total. The summed E-state index contributed by atoms with van der Waals surface area (Å²) in [7, 11) is 0. The number of nitrogens with one attached hydrogen (secondary N) is 2. The Bertz CT molecular complexity index is 711. The van der Waals surface area contributed by atoms with Crippen LogP contribution in [0.25, 0.3) is 11.1 Å². The lowest BCUT2D eigenvalue weighted by atomic mass is 10.00. The van der Waals surface area contributed by atoms with E-state index in [1.807, 2.05) is 0 Å². The number of benzene rings is 2. The summed E-state index contributed by atoms with van der Waals surface area (Å²) in [5.41, 5.74) is -4.38. The second-order valence-electron chi connectivity index (χ2n) is 4.30. The summed E-state index contributed by atoms with van der Waals surface area (Å²) in [6.07, 6.45) is 0. The average Bonchev–Trinajstić information content (AvgIpc) is 2.55. The lowest BCUT2D eigenvalue weighted by molar-refractivity contribution is 0.446. The molecule has 2 aromatic rings. The van der Waals surface area contributed by atoms with Crippen LogP contribution in [-0.4, -0.2) is 0 Å². The van der Waals surface area contributed by atoms with E-state index in [-0.39, 0.29) is 0 Å². The van der Waals surface area contributed by atoms with E-state index in [9.17, 15) is 35.1 Å². The van der Waals surface area contributed by atoms with Crippen LogP contribution >= 0.6 is 0 Å². The van der Waals surface area contributed by atoms with Gasteiger partial charge in [0, 0.05) is 0 Å². The Balaban J connectivity index is 2.99. The smallest absolute Gasteiger partial charge is 0.187 e. The van der Waals surface area contributed by atoms with E-state index in [1.165, 1.54) is 10.9 Å². The van der Waals surface area contributed by atoms with Crippen LogP contribution in [0.4, 0.5) is 46.5 Å². The van der Waals surface area contributed by atoms with Gasteiger partial charge in [0.15, 0.2) is 46.5 Å². The molecular weight excluding hydrogens is 352 g/mol. The number of nitrogen functional groups attached to an aromatic ring is 2. The maximum atomic E-state index is 13.9. The number of rotatable bonds is 3. The van der Waals surface area contributed by atoms with Crippen molar-refractivity contribution in [3.63, 3.8) is 0 Å². The van der Waals surface area contributed by atoms with E-state index in [1.54, 1.807) is 0 Å². The molecule has 0 atom stereocenters. The third kappa shape index (κ3) is 2.30. The summed E-state index contributed by atoms with van der Waals surface area (Å²) in [6.45, 7) is 0. The van der Waals surface area contributed by atoms with E-state index in [4.69, 9.17) is 0 Å². The summed E-state index contributed by atoms with van der Waals surface area (Å²) in [4.78, 5) is 0. The van der Waals surface area contributed by atoms with Gasteiger partial charge in [0.2, 0.25) is 0 Å². The lowest BCUT2D eigenvalue weighted by Gasteiger charge is -2.15. The van der Waals surface area contributed by atoms with E-state index < -0.39 is 69.0 Å². The lowest BCUT2D eigenvalue weighted by Crippen LogP contribution is -2.16. The van der Waals surface area contributed by atoms with Gasteiger partial charge in [-0.2, -0.15) is 0 Å². The standard InChI is InChI=1S/C12H6F8N4/c13-3-1(4(14)8(18)11(23-21)7(3)17)2-5(15)9(19)12(24-22)10(20)6(2)16/h23-24H,21-22H2. The fraction of sp³-hybridized carbons (Fsp3) is 0. The second kappa shape index (κ2) is 6.13. The zero-order valence-corrected chi connectivity index (χ0v) is 11.2. The zero-order chi connectivity index (χ0) is 18.3. The molecular formula is C12H6F8N4. The largest absolute Gasteiger partial charge is 0.319 e. The first-order valence-electron chi connectivity index (χ1n) is 5.84. The fourth-order valence-electron chi connectivity index (χ4n) is 1.96. The van der Waals surface area contributed by atoms with Gasteiger partial charge in [0.1, 0.15) is 11.4 Å². The third-order valence-electron chi connectivity index (χ3n) is 3.07.